The Morgan fingerprint density at radius 3 is 2.44 bits per heavy atom. The van der Waals surface area contributed by atoms with E-state index in [9.17, 15) is 8.78 Å². The Balaban J connectivity index is 1.93. The number of nitrogens with zero attached hydrogens (tertiary/aromatic N) is 2. The van der Waals surface area contributed by atoms with Crippen molar-refractivity contribution in [3.8, 4) is 0 Å². The molecule has 18 heavy (non-hydrogen) atoms. The summed E-state index contributed by atoms with van der Waals surface area (Å²) in [5.74, 6) is -1.93. The van der Waals surface area contributed by atoms with E-state index in [4.69, 9.17) is 11.6 Å². The minimum atomic E-state index is -2.58. The smallest absolute Gasteiger partial charge is 0.236 e. The number of halogens is 4. The molecule has 0 radical (unpaired) electrons. The Morgan fingerprint density at radius 2 is 1.89 bits per heavy atom. The molecule has 98 valence electrons. The molecule has 0 aromatic carbocycles. The molecule has 0 N–H and O–H groups in total. The second-order valence-corrected chi connectivity index (χ2v) is 6.29. The van der Waals surface area contributed by atoms with Crippen LogP contribution in [-0.2, 0) is 0 Å². The normalized spacial score (nSPS) is 26.6. The van der Waals surface area contributed by atoms with Crippen LogP contribution in [0.25, 0.3) is 0 Å². The second kappa shape index (κ2) is 4.37. The van der Waals surface area contributed by atoms with Crippen LogP contribution in [0.5, 0.6) is 0 Å². The molecule has 0 saturated heterocycles. The van der Waals surface area contributed by atoms with E-state index in [0.29, 0.717) is 23.3 Å². The van der Waals surface area contributed by atoms with Gasteiger partial charge in [0.1, 0.15) is 11.0 Å². The zero-order valence-corrected chi connectivity index (χ0v) is 11.9. The predicted octanol–water partition coefficient (Wildman–Crippen LogP) is 4.67. The summed E-state index contributed by atoms with van der Waals surface area (Å²) >= 11 is 9.44. The molecule has 2 saturated carbocycles. The van der Waals surface area contributed by atoms with Crippen LogP contribution in [0.2, 0.25) is 5.15 Å². The maximum absolute atomic E-state index is 13.2. The summed E-state index contributed by atoms with van der Waals surface area (Å²) in [5.41, 5.74) is 0.889. The summed E-state index contributed by atoms with van der Waals surface area (Å²) in [4.78, 5) is 8.63. The van der Waals surface area contributed by atoms with Crippen LogP contribution in [0.15, 0.2) is 4.47 Å². The zero-order valence-electron chi connectivity index (χ0n) is 9.60. The summed E-state index contributed by atoms with van der Waals surface area (Å²) < 4.78 is 27.2. The largest absolute Gasteiger partial charge is 0.248 e. The van der Waals surface area contributed by atoms with Crippen LogP contribution >= 0.6 is 27.5 Å². The molecule has 0 spiro atoms. The van der Waals surface area contributed by atoms with Crippen molar-refractivity contribution in [2.45, 2.75) is 49.9 Å². The maximum Gasteiger partial charge on any atom is 0.248 e. The van der Waals surface area contributed by atoms with Gasteiger partial charge in [-0.05, 0) is 35.2 Å². The van der Waals surface area contributed by atoms with Crippen molar-refractivity contribution in [3.63, 3.8) is 0 Å². The van der Waals surface area contributed by atoms with E-state index < -0.39 is 5.92 Å². The topological polar surface area (TPSA) is 25.8 Å². The first-order valence-corrected chi connectivity index (χ1v) is 7.24. The molecular weight excluding hydrogens is 325 g/mol. The van der Waals surface area contributed by atoms with Gasteiger partial charge in [-0.1, -0.05) is 11.6 Å². The van der Waals surface area contributed by atoms with Crippen molar-refractivity contribution >= 4 is 27.5 Å². The molecule has 2 fully saturated rings. The van der Waals surface area contributed by atoms with Gasteiger partial charge in [-0.3, -0.25) is 0 Å². The first-order valence-electron chi connectivity index (χ1n) is 6.07. The van der Waals surface area contributed by atoms with E-state index in [1.54, 1.807) is 0 Å². The lowest BCUT2D eigenvalue weighted by Crippen LogP contribution is -2.11. The Labute approximate surface area is 117 Å². The summed E-state index contributed by atoms with van der Waals surface area (Å²) in [6.45, 7) is 0. The van der Waals surface area contributed by atoms with Gasteiger partial charge in [0.15, 0.2) is 0 Å². The number of aromatic nitrogens is 2. The average molecular weight is 338 g/mol. The quantitative estimate of drug-likeness (QED) is 0.733. The van der Waals surface area contributed by atoms with Crippen molar-refractivity contribution < 1.29 is 8.78 Å². The molecule has 2 aliphatic carbocycles. The Kier molecular flexibility index (Phi) is 3.09. The molecule has 1 heterocycles. The molecule has 0 bridgehead atoms. The van der Waals surface area contributed by atoms with Gasteiger partial charge >= 0.3 is 0 Å². The van der Waals surface area contributed by atoms with Crippen molar-refractivity contribution in [3.05, 3.63) is 21.1 Å². The van der Waals surface area contributed by atoms with Gasteiger partial charge in [0.25, 0.3) is 0 Å². The highest BCUT2D eigenvalue weighted by Gasteiger charge is 2.42. The summed E-state index contributed by atoms with van der Waals surface area (Å²) in [6.07, 6.45) is 2.38. The summed E-state index contributed by atoms with van der Waals surface area (Å²) in [7, 11) is 0. The fraction of sp³-hybridized carbons (Fsp3) is 0.667. The minimum Gasteiger partial charge on any atom is -0.236 e. The van der Waals surface area contributed by atoms with E-state index in [1.165, 1.54) is 0 Å². The third-order valence-electron chi connectivity index (χ3n) is 3.59. The second-order valence-electron chi connectivity index (χ2n) is 5.14. The van der Waals surface area contributed by atoms with Crippen molar-refractivity contribution in [2.75, 3.05) is 0 Å². The molecule has 1 unspecified atom stereocenters. The van der Waals surface area contributed by atoms with Gasteiger partial charge in [0.2, 0.25) is 5.92 Å². The first-order chi connectivity index (χ1) is 8.46. The molecule has 2 nitrogen and oxygen atoms in total. The Bertz CT molecular complexity index is 491. The molecule has 2 aliphatic rings. The minimum absolute atomic E-state index is 0.0759. The monoisotopic (exact) mass is 336 g/mol. The lowest BCUT2D eigenvalue weighted by molar-refractivity contribution is 0.00753. The maximum atomic E-state index is 13.2. The molecule has 1 aromatic rings. The van der Waals surface area contributed by atoms with E-state index >= 15 is 0 Å². The highest BCUT2D eigenvalue weighted by molar-refractivity contribution is 9.10. The number of hydrogen-bond donors (Lipinski definition) is 0. The predicted molar refractivity (Wildman–Crippen MR) is 68.3 cm³/mol. The highest BCUT2D eigenvalue weighted by atomic mass is 79.9. The van der Waals surface area contributed by atoms with Crippen LogP contribution in [0.4, 0.5) is 8.78 Å². The van der Waals surface area contributed by atoms with E-state index in [1.807, 2.05) is 0 Å². The van der Waals surface area contributed by atoms with Crippen molar-refractivity contribution in [1.82, 2.24) is 9.97 Å². The summed E-state index contributed by atoms with van der Waals surface area (Å²) in [6, 6.07) is 0. The van der Waals surface area contributed by atoms with Gasteiger partial charge < -0.3 is 0 Å². The average Bonchev–Trinajstić information content (AvgIpc) is 3.07. The van der Waals surface area contributed by atoms with Crippen molar-refractivity contribution in [1.29, 1.82) is 0 Å². The van der Waals surface area contributed by atoms with Gasteiger partial charge in [0.05, 0.1) is 10.2 Å². The van der Waals surface area contributed by atoms with Crippen LogP contribution < -0.4 is 0 Å². The van der Waals surface area contributed by atoms with Crippen LogP contribution in [0, 0.1) is 0 Å². The number of rotatable bonds is 2. The lowest BCUT2D eigenvalue weighted by Gasteiger charge is -2.12. The number of hydrogen-bond acceptors (Lipinski definition) is 2. The first kappa shape index (κ1) is 12.7. The summed E-state index contributed by atoms with van der Waals surface area (Å²) in [5, 5.41) is 0.345. The standard InChI is InChI=1S/C12H12BrClF2N2/c13-8-9(6-1-2-6)17-11(18-10(8)14)7-3-4-12(15,16)5-7/h6-7H,1-5H2. The molecule has 1 atom stereocenters. The van der Waals surface area contributed by atoms with E-state index in [0.717, 1.165) is 23.0 Å². The molecular formula is C12H12BrClF2N2. The molecule has 6 heteroatoms. The Morgan fingerprint density at radius 1 is 1.17 bits per heavy atom. The van der Waals surface area contributed by atoms with Crippen molar-refractivity contribution in [2.24, 2.45) is 0 Å². The Hall–Kier alpha value is -0.290. The van der Waals surface area contributed by atoms with E-state index in [-0.39, 0.29) is 18.8 Å². The van der Waals surface area contributed by atoms with Gasteiger partial charge in [0, 0.05) is 24.7 Å². The van der Waals surface area contributed by atoms with Gasteiger partial charge in [-0.2, -0.15) is 0 Å². The SMILES string of the molecule is FC1(F)CCC(c2nc(Cl)c(Br)c(C3CC3)n2)C1. The highest BCUT2D eigenvalue weighted by Crippen LogP contribution is 2.47. The van der Waals surface area contributed by atoms with Crippen LogP contribution in [-0.4, -0.2) is 15.9 Å². The number of alkyl halides is 2. The van der Waals surface area contributed by atoms with Gasteiger partial charge in [-0.25, -0.2) is 18.7 Å². The lowest BCUT2D eigenvalue weighted by atomic mass is 10.1. The third-order valence-corrected chi connectivity index (χ3v) is 4.87. The zero-order chi connectivity index (χ0) is 12.9. The fourth-order valence-corrected chi connectivity index (χ4v) is 3.12. The molecule has 0 amide bonds. The molecule has 1 aromatic heterocycles. The molecule has 3 rings (SSSR count). The third kappa shape index (κ3) is 2.39. The van der Waals surface area contributed by atoms with E-state index in [2.05, 4.69) is 25.9 Å². The fourth-order valence-electron chi connectivity index (χ4n) is 2.43. The van der Waals surface area contributed by atoms with Crippen LogP contribution in [0.3, 0.4) is 0 Å². The van der Waals surface area contributed by atoms with Crippen LogP contribution in [0.1, 0.15) is 55.5 Å². The van der Waals surface area contributed by atoms with Gasteiger partial charge in [-0.15, -0.1) is 0 Å². The molecule has 0 aliphatic heterocycles.